The van der Waals surface area contributed by atoms with Gasteiger partial charge in [0.15, 0.2) is 0 Å². The summed E-state index contributed by atoms with van der Waals surface area (Å²) in [6.07, 6.45) is 2.22. The lowest BCUT2D eigenvalue weighted by Crippen LogP contribution is -2.40. The summed E-state index contributed by atoms with van der Waals surface area (Å²) in [5.41, 5.74) is 1.16. The average molecular weight is 228 g/mol. The van der Waals surface area contributed by atoms with E-state index in [4.69, 9.17) is 4.74 Å². The molecular weight excluding hydrogens is 208 g/mol. The maximum atomic E-state index is 5.44. The normalized spacial score (nSPS) is 15.2. The lowest BCUT2D eigenvalue weighted by atomic mass is 10.0. The van der Waals surface area contributed by atoms with Crippen LogP contribution in [-0.2, 0) is 11.2 Å². The average Bonchev–Trinajstić information content (AvgIpc) is 2.64. The number of aromatic nitrogens is 1. The molecule has 0 saturated carbocycles. The molecule has 1 aromatic heterocycles. The van der Waals surface area contributed by atoms with Gasteiger partial charge >= 0.3 is 0 Å². The van der Waals surface area contributed by atoms with Gasteiger partial charge in [0.05, 0.1) is 16.8 Å². The zero-order chi connectivity index (χ0) is 11.3. The van der Waals surface area contributed by atoms with Crippen LogP contribution in [0.25, 0.3) is 0 Å². The highest BCUT2D eigenvalue weighted by atomic mass is 32.1. The quantitative estimate of drug-likeness (QED) is 0.808. The molecule has 1 N–H and O–H groups in total. The van der Waals surface area contributed by atoms with E-state index in [9.17, 15) is 0 Å². The van der Waals surface area contributed by atoms with Crippen LogP contribution in [-0.4, -0.2) is 31.3 Å². The summed E-state index contributed by atoms with van der Waals surface area (Å²) >= 11 is 1.70. The Morgan fingerprint density at radius 1 is 1.60 bits per heavy atom. The smallest absolute Gasteiger partial charge is 0.0897 e. The summed E-state index contributed by atoms with van der Waals surface area (Å²) in [4.78, 5) is 4.47. The summed E-state index contributed by atoms with van der Waals surface area (Å²) in [7, 11) is 3.75. The Bertz CT molecular complexity index is 284. The highest BCUT2D eigenvalue weighted by Gasteiger charge is 2.19. The molecular formula is C11H20N2OS. The second-order valence-corrected chi connectivity index (χ2v) is 4.70. The number of rotatable bonds is 6. The Morgan fingerprint density at radius 3 is 2.73 bits per heavy atom. The molecule has 86 valence electrons. The third-order valence-corrected chi connectivity index (χ3v) is 3.44. The van der Waals surface area contributed by atoms with E-state index >= 15 is 0 Å². The number of likely N-dealkylation sites (N-methyl/N-ethyl adjacent to an activating group) is 1. The Morgan fingerprint density at radius 2 is 2.33 bits per heavy atom. The van der Waals surface area contributed by atoms with Crippen LogP contribution < -0.4 is 5.32 Å². The van der Waals surface area contributed by atoms with Crippen LogP contribution in [0.1, 0.15) is 24.0 Å². The van der Waals surface area contributed by atoms with E-state index in [2.05, 4.69) is 22.6 Å². The minimum Gasteiger partial charge on any atom is -0.380 e. The number of ether oxygens (including phenoxy) is 1. The Balaban J connectivity index is 2.60. The van der Waals surface area contributed by atoms with Crippen LogP contribution in [0.3, 0.4) is 0 Å². The van der Waals surface area contributed by atoms with Crippen molar-refractivity contribution in [3.63, 3.8) is 0 Å². The Labute approximate surface area is 95.9 Å². The molecule has 0 fully saturated rings. The molecule has 0 bridgehead atoms. The molecule has 2 unspecified atom stereocenters. The largest absolute Gasteiger partial charge is 0.380 e. The fourth-order valence-electron chi connectivity index (χ4n) is 1.76. The first kappa shape index (κ1) is 12.6. The van der Waals surface area contributed by atoms with E-state index in [0.717, 1.165) is 23.5 Å². The fraction of sp³-hybridized carbons (Fsp3) is 0.727. The second-order valence-electron chi connectivity index (χ2n) is 3.64. The molecule has 0 radical (unpaired) electrons. The van der Waals surface area contributed by atoms with Crippen molar-refractivity contribution in [2.45, 2.75) is 38.8 Å². The summed E-state index contributed by atoms with van der Waals surface area (Å²) < 4.78 is 5.44. The van der Waals surface area contributed by atoms with Gasteiger partial charge in [0.25, 0.3) is 0 Å². The van der Waals surface area contributed by atoms with Gasteiger partial charge in [-0.1, -0.05) is 6.92 Å². The highest BCUT2D eigenvalue weighted by molar-refractivity contribution is 7.09. The predicted octanol–water partition coefficient (Wildman–Crippen LogP) is 2.01. The third kappa shape index (κ3) is 3.55. The lowest BCUT2D eigenvalue weighted by molar-refractivity contribution is 0.0675. The van der Waals surface area contributed by atoms with Crippen LogP contribution in [0, 0.1) is 6.92 Å². The predicted molar refractivity (Wildman–Crippen MR) is 64.5 cm³/mol. The van der Waals surface area contributed by atoms with Gasteiger partial charge in [-0.3, -0.25) is 0 Å². The topological polar surface area (TPSA) is 34.1 Å². The van der Waals surface area contributed by atoms with Crippen molar-refractivity contribution in [2.75, 3.05) is 14.2 Å². The molecule has 0 aliphatic heterocycles. The van der Waals surface area contributed by atoms with Gasteiger partial charge in [0, 0.05) is 25.0 Å². The number of nitrogens with one attached hydrogen (secondary N) is 1. The molecule has 15 heavy (non-hydrogen) atoms. The second kappa shape index (κ2) is 6.20. The monoisotopic (exact) mass is 228 g/mol. The highest BCUT2D eigenvalue weighted by Crippen LogP contribution is 2.13. The first-order valence-corrected chi connectivity index (χ1v) is 6.20. The minimum atomic E-state index is 0.261. The maximum Gasteiger partial charge on any atom is 0.0897 e. The maximum absolute atomic E-state index is 5.44. The van der Waals surface area contributed by atoms with E-state index in [1.807, 2.05) is 14.0 Å². The van der Waals surface area contributed by atoms with E-state index in [-0.39, 0.29) is 6.10 Å². The van der Waals surface area contributed by atoms with Crippen molar-refractivity contribution in [3.05, 3.63) is 16.1 Å². The minimum absolute atomic E-state index is 0.261. The van der Waals surface area contributed by atoms with E-state index in [1.165, 1.54) is 0 Å². The number of nitrogens with zero attached hydrogens (tertiary/aromatic N) is 1. The van der Waals surface area contributed by atoms with Gasteiger partial charge in [-0.05, 0) is 20.4 Å². The molecule has 0 aliphatic rings. The molecule has 0 saturated heterocycles. The standard InChI is InChI=1S/C11H20N2OS/c1-5-11(14-4)10(12-3)6-9-7-15-8(2)13-9/h7,10-12H,5-6H2,1-4H3. The molecule has 0 amide bonds. The summed E-state index contributed by atoms with van der Waals surface area (Å²) in [5.74, 6) is 0. The number of hydrogen-bond donors (Lipinski definition) is 1. The number of methoxy groups -OCH3 is 1. The van der Waals surface area contributed by atoms with Crippen molar-refractivity contribution in [2.24, 2.45) is 0 Å². The molecule has 1 heterocycles. The summed E-state index contributed by atoms with van der Waals surface area (Å²) in [6, 6.07) is 0.349. The van der Waals surface area contributed by atoms with Crippen LogP contribution >= 0.6 is 11.3 Å². The van der Waals surface area contributed by atoms with Gasteiger partial charge in [-0.25, -0.2) is 4.98 Å². The van der Waals surface area contributed by atoms with Crippen molar-refractivity contribution >= 4 is 11.3 Å². The Hall–Kier alpha value is -0.450. The SMILES string of the molecule is CCC(OC)C(Cc1csc(C)n1)NC. The van der Waals surface area contributed by atoms with E-state index in [0.29, 0.717) is 6.04 Å². The molecule has 0 spiro atoms. The van der Waals surface area contributed by atoms with Crippen molar-refractivity contribution in [1.82, 2.24) is 10.3 Å². The van der Waals surface area contributed by atoms with Crippen LogP contribution in [0.4, 0.5) is 0 Å². The van der Waals surface area contributed by atoms with Gasteiger partial charge in [-0.15, -0.1) is 11.3 Å². The first-order valence-electron chi connectivity index (χ1n) is 5.32. The van der Waals surface area contributed by atoms with Gasteiger partial charge in [0.2, 0.25) is 0 Å². The Kier molecular flexibility index (Phi) is 5.22. The lowest BCUT2D eigenvalue weighted by Gasteiger charge is -2.23. The van der Waals surface area contributed by atoms with Crippen molar-refractivity contribution in [3.8, 4) is 0 Å². The van der Waals surface area contributed by atoms with Crippen LogP contribution in [0.2, 0.25) is 0 Å². The zero-order valence-electron chi connectivity index (χ0n) is 9.91. The molecule has 0 aliphatic carbocycles. The molecule has 1 aromatic rings. The molecule has 2 atom stereocenters. The summed E-state index contributed by atoms with van der Waals surface area (Å²) in [6.45, 7) is 4.18. The van der Waals surface area contributed by atoms with E-state index in [1.54, 1.807) is 18.4 Å². The molecule has 0 aromatic carbocycles. The first-order chi connectivity index (χ1) is 7.21. The number of hydrogen-bond acceptors (Lipinski definition) is 4. The number of thiazole rings is 1. The van der Waals surface area contributed by atoms with Crippen LogP contribution in [0.15, 0.2) is 5.38 Å². The fourth-order valence-corrected chi connectivity index (χ4v) is 2.39. The number of aryl methyl sites for hydroxylation is 1. The van der Waals surface area contributed by atoms with E-state index < -0.39 is 0 Å². The van der Waals surface area contributed by atoms with Crippen molar-refractivity contribution < 1.29 is 4.74 Å². The van der Waals surface area contributed by atoms with Gasteiger partial charge in [-0.2, -0.15) is 0 Å². The van der Waals surface area contributed by atoms with Crippen LogP contribution in [0.5, 0.6) is 0 Å². The zero-order valence-corrected chi connectivity index (χ0v) is 10.7. The van der Waals surface area contributed by atoms with Gasteiger partial charge in [0.1, 0.15) is 0 Å². The molecule has 3 nitrogen and oxygen atoms in total. The molecule has 1 rings (SSSR count). The van der Waals surface area contributed by atoms with Gasteiger partial charge < -0.3 is 10.1 Å². The molecule has 4 heteroatoms. The summed E-state index contributed by atoms with van der Waals surface area (Å²) in [5, 5.41) is 6.56. The third-order valence-electron chi connectivity index (χ3n) is 2.62. The van der Waals surface area contributed by atoms with Crippen molar-refractivity contribution in [1.29, 1.82) is 0 Å².